The highest BCUT2D eigenvalue weighted by atomic mass is 79.9. The summed E-state index contributed by atoms with van der Waals surface area (Å²) < 4.78 is 0. The monoisotopic (exact) mass is 287 g/mol. The molecule has 1 nitrogen and oxygen atoms in total. The van der Waals surface area contributed by atoms with Crippen LogP contribution in [-0.2, 0) is 6.42 Å². The number of thiophene rings is 1. The van der Waals surface area contributed by atoms with E-state index in [1.165, 1.54) is 43.8 Å². The Balaban J connectivity index is 1.69. The Kier molecular flexibility index (Phi) is 4.66. The van der Waals surface area contributed by atoms with Crippen LogP contribution in [0, 0.1) is 5.92 Å². The third-order valence-corrected chi connectivity index (χ3v) is 4.54. The van der Waals surface area contributed by atoms with Crippen LogP contribution < -0.4 is 0 Å². The number of rotatable bonds is 5. The molecule has 0 aliphatic carbocycles. The van der Waals surface area contributed by atoms with Gasteiger partial charge in [-0.2, -0.15) is 0 Å². The minimum atomic E-state index is 0.938. The first kappa shape index (κ1) is 11.6. The van der Waals surface area contributed by atoms with Crippen molar-refractivity contribution in [2.75, 3.05) is 25.0 Å². The molecule has 2 rings (SSSR count). The summed E-state index contributed by atoms with van der Waals surface area (Å²) in [5.74, 6) is 0.938. The Morgan fingerprint density at radius 3 is 3.20 bits per heavy atom. The molecule has 1 aromatic rings. The molecule has 0 bridgehead atoms. The van der Waals surface area contributed by atoms with Crippen LogP contribution in [0.15, 0.2) is 17.5 Å². The topological polar surface area (TPSA) is 3.24 Å². The van der Waals surface area contributed by atoms with Gasteiger partial charge in [-0.1, -0.05) is 22.0 Å². The summed E-state index contributed by atoms with van der Waals surface area (Å²) in [4.78, 5) is 4.14. The van der Waals surface area contributed by atoms with Crippen molar-refractivity contribution in [3.63, 3.8) is 0 Å². The zero-order valence-corrected chi connectivity index (χ0v) is 11.4. The molecule has 0 saturated carbocycles. The quantitative estimate of drug-likeness (QED) is 0.751. The van der Waals surface area contributed by atoms with Gasteiger partial charge in [0.2, 0.25) is 0 Å². The van der Waals surface area contributed by atoms with E-state index in [2.05, 4.69) is 38.3 Å². The zero-order valence-electron chi connectivity index (χ0n) is 8.99. The van der Waals surface area contributed by atoms with Crippen LogP contribution in [0.4, 0.5) is 0 Å². The van der Waals surface area contributed by atoms with E-state index in [1.54, 1.807) is 0 Å². The normalized spacial score (nSPS) is 22.3. The van der Waals surface area contributed by atoms with Gasteiger partial charge in [-0.15, -0.1) is 11.3 Å². The van der Waals surface area contributed by atoms with E-state index in [9.17, 15) is 0 Å². The van der Waals surface area contributed by atoms with Crippen LogP contribution in [0.3, 0.4) is 0 Å². The number of hydrogen-bond acceptors (Lipinski definition) is 2. The predicted molar refractivity (Wildman–Crippen MR) is 71.0 cm³/mol. The van der Waals surface area contributed by atoms with E-state index >= 15 is 0 Å². The average Bonchev–Trinajstić information content (AvgIpc) is 2.85. The van der Waals surface area contributed by atoms with Crippen molar-refractivity contribution >= 4 is 27.3 Å². The van der Waals surface area contributed by atoms with Crippen molar-refractivity contribution < 1.29 is 0 Å². The van der Waals surface area contributed by atoms with E-state index < -0.39 is 0 Å². The Morgan fingerprint density at radius 2 is 2.47 bits per heavy atom. The number of hydrogen-bond donors (Lipinski definition) is 0. The average molecular weight is 288 g/mol. The van der Waals surface area contributed by atoms with Gasteiger partial charge in [0, 0.05) is 23.3 Å². The Morgan fingerprint density at radius 1 is 1.53 bits per heavy atom. The van der Waals surface area contributed by atoms with Crippen molar-refractivity contribution in [2.24, 2.45) is 5.92 Å². The number of nitrogens with zero attached hydrogens (tertiary/aromatic N) is 1. The number of likely N-dealkylation sites (tertiary alicyclic amines) is 1. The number of alkyl halides is 1. The highest BCUT2D eigenvalue weighted by Gasteiger charge is 2.21. The van der Waals surface area contributed by atoms with E-state index in [4.69, 9.17) is 0 Å². The maximum Gasteiger partial charge on any atom is 0.00579 e. The molecular weight excluding hydrogens is 270 g/mol. The van der Waals surface area contributed by atoms with Gasteiger partial charge < -0.3 is 4.90 Å². The maximum atomic E-state index is 3.53. The summed E-state index contributed by atoms with van der Waals surface area (Å²) >= 11 is 5.42. The van der Waals surface area contributed by atoms with E-state index in [-0.39, 0.29) is 0 Å². The molecular formula is C12H18BrNS. The van der Waals surface area contributed by atoms with E-state index in [0.29, 0.717) is 0 Å². The lowest BCUT2D eigenvalue weighted by Gasteiger charge is -2.14. The highest BCUT2D eigenvalue weighted by Crippen LogP contribution is 2.21. The minimum Gasteiger partial charge on any atom is -0.303 e. The third kappa shape index (κ3) is 3.58. The van der Waals surface area contributed by atoms with Gasteiger partial charge in [0.15, 0.2) is 0 Å². The molecule has 0 aromatic carbocycles. The first-order valence-electron chi connectivity index (χ1n) is 5.69. The molecule has 0 amide bonds. The van der Waals surface area contributed by atoms with Crippen LogP contribution in [0.2, 0.25) is 0 Å². The lowest BCUT2D eigenvalue weighted by atomic mass is 10.1. The standard InChI is InChI=1S/C12H18BrNS/c13-6-3-11-4-7-14(10-11)8-5-12-2-1-9-15-12/h1-2,9,11H,3-8,10H2. The summed E-state index contributed by atoms with van der Waals surface area (Å²) in [5, 5.41) is 3.34. The summed E-state index contributed by atoms with van der Waals surface area (Å²) in [5.41, 5.74) is 0. The second-order valence-electron chi connectivity index (χ2n) is 4.26. The fourth-order valence-electron chi connectivity index (χ4n) is 2.23. The first-order chi connectivity index (χ1) is 7.38. The Labute approximate surface area is 105 Å². The molecule has 1 unspecified atom stereocenters. The van der Waals surface area contributed by atoms with Crippen molar-refractivity contribution in [2.45, 2.75) is 19.3 Å². The molecule has 1 fully saturated rings. The summed E-state index contributed by atoms with van der Waals surface area (Å²) in [7, 11) is 0. The molecule has 84 valence electrons. The maximum absolute atomic E-state index is 3.53. The fourth-order valence-corrected chi connectivity index (χ4v) is 3.57. The predicted octanol–water partition coefficient (Wildman–Crippen LogP) is 3.40. The molecule has 1 aromatic heterocycles. The molecule has 1 aliphatic rings. The second kappa shape index (κ2) is 6.02. The molecule has 0 spiro atoms. The van der Waals surface area contributed by atoms with Crippen molar-refractivity contribution in [1.29, 1.82) is 0 Å². The minimum absolute atomic E-state index is 0.938. The van der Waals surface area contributed by atoms with Crippen LogP contribution in [0.1, 0.15) is 17.7 Å². The van der Waals surface area contributed by atoms with Crippen LogP contribution in [0.25, 0.3) is 0 Å². The third-order valence-electron chi connectivity index (χ3n) is 3.14. The Hall–Kier alpha value is 0.140. The van der Waals surface area contributed by atoms with Gasteiger partial charge in [-0.05, 0) is 43.2 Å². The molecule has 1 aliphatic heterocycles. The van der Waals surface area contributed by atoms with Crippen molar-refractivity contribution in [3.8, 4) is 0 Å². The van der Waals surface area contributed by atoms with Crippen LogP contribution in [0.5, 0.6) is 0 Å². The Bertz CT molecular complexity index is 273. The van der Waals surface area contributed by atoms with Gasteiger partial charge in [-0.25, -0.2) is 0 Å². The van der Waals surface area contributed by atoms with Gasteiger partial charge in [-0.3, -0.25) is 0 Å². The molecule has 1 saturated heterocycles. The molecule has 2 heterocycles. The molecule has 3 heteroatoms. The number of halogens is 1. The molecule has 0 N–H and O–H groups in total. The molecule has 0 radical (unpaired) electrons. The first-order valence-corrected chi connectivity index (χ1v) is 7.69. The second-order valence-corrected chi connectivity index (χ2v) is 6.09. The fraction of sp³-hybridized carbons (Fsp3) is 0.667. The van der Waals surface area contributed by atoms with E-state index in [1.807, 2.05) is 11.3 Å². The lowest BCUT2D eigenvalue weighted by molar-refractivity contribution is 0.328. The van der Waals surface area contributed by atoms with Gasteiger partial charge in [0.25, 0.3) is 0 Å². The highest BCUT2D eigenvalue weighted by molar-refractivity contribution is 9.09. The SMILES string of the molecule is BrCCC1CCN(CCc2cccs2)C1. The summed E-state index contributed by atoms with van der Waals surface area (Å²) in [6, 6.07) is 4.40. The van der Waals surface area contributed by atoms with Crippen molar-refractivity contribution in [3.05, 3.63) is 22.4 Å². The lowest BCUT2D eigenvalue weighted by Crippen LogP contribution is -2.23. The van der Waals surface area contributed by atoms with E-state index in [0.717, 1.165) is 11.2 Å². The van der Waals surface area contributed by atoms with Crippen molar-refractivity contribution in [1.82, 2.24) is 4.90 Å². The molecule has 1 atom stereocenters. The van der Waals surface area contributed by atoms with Gasteiger partial charge in [0.1, 0.15) is 0 Å². The van der Waals surface area contributed by atoms with Crippen LogP contribution >= 0.6 is 27.3 Å². The zero-order chi connectivity index (χ0) is 10.5. The molecule has 15 heavy (non-hydrogen) atoms. The van der Waals surface area contributed by atoms with Crippen LogP contribution in [-0.4, -0.2) is 29.9 Å². The van der Waals surface area contributed by atoms with Gasteiger partial charge >= 0.3 is 0 Å². The largest absolute Gasteiger partial charge is 0.303 e. The summed E-state index contributed by atoms with van der Waals surface area (Å²) in [6.07, 6.45) is 3.98. The van der Waals surface area contributed by atoms with Gasteiger partial charge in [0.05, 0.1) is 0 Å². The smallest absolute Gasteiger partial charge is 0.00579 e. The summed E-state index contributed by atoms with van der Waals surface area (Å²) in [6.45, 7) is 3.87.